The van der Waals surface area contributed by atoms with Gasteiger partial charge in [0.2, 0.25) is 0 Å². The van der Waals surface area contributed by atoms with Crippen LogP contribution in [-0.4, -0.2) is 17.4 Å². The van der Waals surface area contributed by atoms with E-state index in [4.69, 9.17) is 22.4 Å². The Kier molecular flexibility index (Phi) is 5.55. The average molecular weight is 301 g/mol. The molecule has 0 aromatic heterocycles. The lowest BCUT2D eigenvalue weighted by molar-refractivity contribution is 0.330. The highest BCUT2D eigenvalue weighted by atomic mass is 35.5. The highest BCUT2D eigenvalue weighted by molar-refractivity contribution is 6.30. The van der Waals surface area contributed by atoms with Gasteiger partial charge in [-0.3, -0.25) is 4.99 Å². The zero-order chi connectivity index (χ0) is 15.1. The number of nitrogens with zero attached hydrogens (tertiary/aromatic N) is 1. The van der Waals surface area contributed by atoms with Crippen LogP contribution in [-0.2, 0) is 6.54 Å². The topological polar surface area (TPSA) is 58.6 Å². The maximum absolute atomic E-state index is 9.09. The molecule has 2 aromatic rings. The van der Waals surface area contributed by atoms with Gasteiger partial charge < -0.3 is 10.8 Å². The molecule has 0 heterocycles. The molecule has 0 aliphatic rings. The molecule has 0 unspecified atom stereocenters. The molecule has 21 heavy (non-hydrogen) atoms. The van der Waals surface area contributed by atoms with Crippen molar-refractivity contribution in [3.05, 3.63) is 82.5 Å². The number of aliphatic hydroxyl groups is 1. The molecule has 0 aliphatic carbocycles. The van der Waals surface area contributed by atoms with Gasteiger partial charge in [-0.15, -0.1) is 0 Å². The third-order valence-corrected chi connectivity index (χ3v) is 3.13. The molecule has 3 nitrogen and oxygen atoms in total. The quantitative estimate of drug-likeness (QED) is 0.833. The summed E-state index contributed by atoms with van der Waals surface area (Å²) in [4.78, 5) is 4.58. The van der Waals surface area contributed by atoms with Crippen molar-refractivity contribution in [1.82, 2.24) is 0 Å². The summed E-state index contributed by atoms with van der Waals surface area (Å²) in [6.45, 7) is 0.309. The summed E-state index contributed by atoms with van der Waals surface area (Å²) >= 11 is 5.97. The lowest BCUT2D eigenvalue weighted by Crippen LogP contribution is -2.07. The summed E-state index contributed by atoms with van der Waals surface area (Å²) in [7, 11) is 0. The predicted octanol–water partition coefficient (Wildman–Crippen LogP) is 3.16. The second-order valence-corrected chi connectivity index (χ2v) is 5.01. The maximum atomic E-state index is 9.09. The Morgan fingerprint density at radius 1 is 1.14 bits per heavy atom. The normalized spacial score (nSPS) is 12.5. The molecule has 0 fully saturated rings. The molecule has 0 saturated heterocycles. The van der Waals surface area contributed by atoms with Crippen molar-refractivity contribution in [2.75, 3.05) is 6.61 Å². The molecule has 2 rings (SSSR count). The molecular formula is C17H17ClN2O. The van der Waals surface area contributed by atoms with E-state index >= 15 is 0 Å². The smallest absolute Gasteiger partial charge is 0.0826 e. The third kappa shape index (κ3) is 4.74. The molecule has 0 saturated carbocycles. The van der Waals surface area contributed by atoms with Gasteiger partial charge in [0, 0.05) is 10.7 Å². The predicted molar refractivity (Wildman–Crippen MR) is 87.5 cm³/mol. The van der Waals surface area contributed by atoms with Gasteiger partial charge in [-0.1, -0.05) is 54.1 Å². The van der Waals surface area contributed by atoms with E-state index in [1.54, 1.807) is 6.08 Å². The standard InChI is InChI=1S/C17H17ClN2O/c18-15-8-4-5-13(9-15)11-20-17(10-16(19)12-21)14-6-2-1-3-7-14/h1-10,21H,11-12,19H2. The fourth-order valence-corrected chi connectivity index (χ4v) is 2.08. The first-order chi connectivity index (χ1) is 10.2. The number of aliphatic hydroxyl groups excluding tert-OH is 1. The lowest BCUT2D eigenvalue weighted by atomic mass is 10.1. The van der Waals surface area contributed by atoms with Crippen LogP contribution in [0.15, 0.2) is 71.4 Å². The molecule has 3 N–H and O–H groups in total. The molecule has 0 spiro atoms. The summed E-state index contributed by atoms with van der Waals surface area (Å²) in [5, 5.41) is 9.78. The number of rotatable bonds is 5. The molecule has 0 aliphatic heterocycles. The number of aliphatic imine (C=N–C) groups is 1. The van der Waals surface area contributed by atoms with Gasteiger partial charge in [0.1, 0.15) is 0 Å². The van der Waals surface area contributed by atoms with Crippen LogP contribution in [0.5, 0.6) is 0 Å². The zero-order valence-electron chi connectivity index (χ0n) is 11.5. The minimum absolute atomic E-state index is 0.191. The van der Waals surface area contributed by atoms with Crippen molar-refractivity contribution in [3.8, 4) is 0 Å². The van der Waals surface area contributed by atoms with Crippen molar-refractivity contribution in [2.24, 2.45) is 10.7 Å². The van der Waals surface area contributed by atoms with E-state index < -0.39 is 0 Å². The number of hydrogen-bond donors (Lipinski definition) is 2. The van der Waals surface area contributed by atoms with Crippen LogP contribution in [0.4, 0.5) is 0 Å². The Hall–Kier alpha value is -2.10. The average Bonchev–Trinajstić information content (AvgIpc) is 2.52. The maximum Gasteiger partial charge on any atom is 0.0826 e. The van der Waals surface area contributed by atoms with E-state index in [0.29, 0.717) is 17.3 Å². The minimum Gasteiger partial charge on any atom is -0.400 e. The van der Waals surface area contributed by atoms with E-state index in [0.717, 1.165) is 16.8 Å². The van der Waals surface area contributed by atoms with Gasteiger partial charge in [0.05, 0.1) is 18.9 Å². The van der Waals surface area contributed by atoms with Crippen LogP contribution in [0.2, 0.25) is 5.02 Å². The molecular weight excluding hydrogens is 284 g/mol. The molecule has 0 amide bonds. The molecule has 108 valence electrons. The summed E-state index contributed by atoms with van der Waals surface area (Å²) in [5.41, 5.74) is 8.80. The molecule has 0 atom stereocenters. The number of halogens is 1. The first-order valence-corrected chi connectivity index (χ1v) is 6.98. The van der Waals surface area contributed by atoms with Crippen LogP contribution in [0.1, 0.15) is 11.1 Å². The summed E-state index contributed by atoms with van der Waals surface area (Å²) in [6, 6.07) is 17.3. The molecule has 4 heteroatoms. The van der Waals surface area contributed by atoms with Gasteiger partial charge in [-0.05, 0) is 29.3 Å². The Labute approximate surface area is 129 Å². The third-order valence-electron chi connectivity index (χ3n) is 2.90. The first kappa shape index (κ1) is 15.3. The summed E-state index contributed by atoms with van der Waals surface area (Å²) in [6.07, 6.45) is 1.69. The van der Waals surface area contributed by atoms with Gasteiger partial charge in [0.25, 0.3) is 0 Å². The van der Waals surface area contributed by atoms with Crippen molar-refractivity contribution < 1.29 is 5.11 Å². The van der Waals surface area contributed by atoms with Crippen LogP contribution < -0.4 is 5.73 Å². The number of nitrogens with two attached hydrogens (primary N) is 1. The van der Waals surface area contributed by atoms with E-state index in [2.05, 4.69) is 4.99 Å². The van der Waals surface area contributed by atoms with E-state index in [9.17, 15) is 0 Å². The van der Waals surface area contributed by atoms with Crippen molar-refractivity contribution in [1.29, 1.82) is 0 Å². The summed E-state index contributed by atoms with van der Waals surface area (Å²) < 4.78 is 0. The van der Waals surface area contributed by atoms with Gasteiger partial charge in [0.15, 0.2) is 0 Å². The van der Waals surface area contributed by atoms with E-state index in [1.165, 1.54) is 0 Å². The number of allylic oxidation sites excluding steroid dienone is 1. The highest BCUT2D eigenvalue weighted by Crippen LogP contribution is 2.12. The van der Waals surface area contributed by atoms with Crippen molar-refractivity contribution >= 4 is 17.3 Å². The van der Waals surface area contributed by atoms with Gasteiger partial charge in [-0.2, -0.15) is 0 Å². The second-order valence-electron chi connectivity index (χ2n) is 4.57. The van der Waals surface area contributed by atoms with Gasteiger partial charge in [-0.25, -0.2) is 0 Å². The monoisotopic (exact) mass is 300 g/mol. The summed E-state index contributed by atoms with van der Waals surface area (Å²) in [5.74, 6) is 0. The van der Waals surface area contributed by atoms with Crippen LogP contribution >= 0.6 is 11.6 Å². The largest absolute Gasteiger partial charge is 0.400 e. The lowest BCUT2D eigenvalue weighted by Gasteiger charge is -2.05. The molecule has 0 bridgehead atoms. The fourth-order valence-electron chi connectivity index (χ4n) is 1.86. The molecule has 0 radical (unpaired) electrons. The van der Waals surface area contributed by atoms with Crippen LogP contribution in [0.25, 0.3) is 0 Å². The van der Waals surface area contributed by atoms with Crippen LogP contribution in [0, 0.1) is 0 Å². The Bertz CT molecular complexity index is 651. The minimum atomic E-state index is -0.191. The first-order valence-electron chi connectivity index (χ1n) is 6.60. The Balaban J connectivity index is 2.29. The Morgan fingerprint density at radius 3 is 2.57 bits per heavy atom. The Morgan fingerprint density at radius 2 is 1.90 bits per heavy atom. The molecule has 2 aromatic carbocycles. The SMILES string of the molecule is NC(=CC(=NCc1cccc(Cl)c1)c1ccccc1)CO. The fraction of sp³-hybridized carbons (Fsp3) is 0.118. The van der Waals surface area contributed by atoms with Gasteiger partial charge >= 0.3 is 0 Å². The zero-order valence-corrected chi connectivity index (χ0v) is 12.3. The van der Waals surface area contributed by atoms with Crippen molar-refractivity contribution in [2.45, 2.75) is 6.54 Å². The van der Waals surface area contributed by atoms with Crippen LogP contribution in [0.3, 0.4) is 0 Å². The van der Waals surface area contributed by atoms with E-state index in [-0.39, 0.29) is 6.61 Å². The highest BCUT2D eigenvalue weighted by Gasteiger charge is 2.01. The van der Waals surface area contributed by atoms with E-state index in [1.807, 2.05) is 54.6 Å². The number of benzene rings is 2. The second kappa shape index (κ2) is 7.62. The number of hydrogen-bond acceptors (Lipinski definition) is 3. The van der Waals surface area contributed by atoms with Crippen molar-refractivity contribution in [3.63, 3.8) is 0 Å².